The number of halogens is 1. The van der Waals surface area contributed by atoms with Crippen LogP contribution in [0.4, 0.5) is 5.69 Å². The fourth-order valence-electron chi connectivity index (χ4n) is 5.81. The zero-order chi connectivity index (χ0) is 31.8. The average molecular weight is 689 g/mol. The van der Waals surface area contributed by atoms with Gasteiger partial charge in [-0.05, 0) is 61.2 Å². The van der Waals surface area contributed by atoms with E-state index >= 15 is 0 Å². The minimum absolute atomic E-state index is 0.0586. The summed E-state index contributed by atoms with van der Waals surface area (Å²) in [6, 6.07) is 31.6. The lowest BCUT2D eigenvalue weighted by Gasteiger charge is -2.34. The Morgan fingerprint density at radius 2 is 1.49 bits per heavy atom. The fourth-order valence-corrected chi connectivity index (χ4v) is 7.62. The van der Waals surface area contributed by atoms with E-state index in [4.69, 9.17) is 0 Å². The predicted molar refractivity (Wildman–Crippen MR) is 181 cm³/mol. The van der Waals surface area contributed by atoms with Gasteiger partial charge in [-0.2, -0.15) is 0 Å². The molecule has 0 saturated heterocycles. The van der Waals surface area contributed by atoms with Gasteiger partial charge in [-0.15, -0.1) is 0 Å². The Morgan fingerprint density at radius 1 is 0.844 bits per heavy atom. The lowest BCUT2D eigenvalue weighted by atomic mass is 10.0. The first-order valence-corrected chi connectivity index (χ1v) is 17.5. The molecule has 45 heavy (non-hydrogen) atoms. The van der Waals surface area contributed by atoms with Gasteiger partial charge in [0.25, 0.3) is 10.0 Å². The standard InChI is InChI=1S/C36H38BrN3O4S/c1-27-12-10-15-29(22-27)25-39(34(23-28-13-4-2-5-14-28)36(42)38-31-17-8-9-18-31)35(41)26-40(32-19-11-16-30(37)24-32)45(43,44)33-20-6-3-7-21-33/h2-7,10-16,19-22,24,31,34H,8-9,17-18,23,25-26H2,1H3,(H,38,42). The van der Waals surface area contributed by atoms with Crippen LogP contribution in [0.1, 0.15) is 42.4 Å². The third kappa shape index (κ3) is 8.41. The van der Waals surface area contributed by atoms with Crippen molar-refractivity contribution < 1.29 is 18.0 Å². The second kappa shape index (κ2) is 14.9. The molecular formula is C36H38BrN3O4S. The zero-order valence-corrected chi connectivity index (χ0v) is 27.7. The minimum Gasteiger partial charge on any atom is -0.352 e. The van der Waals surface area contributed by atoms with Gasteiger partial charge in [-0.3, -0.25) is 13.9 Å². The van der Waals surface area contributed by atoms with Gasteiger partial charge >= 0.3 is 0 Å². The Hall–Kier alpha value is -3.95. The van der Waals surface area contributed by atoms with Crippen molar-refractivity contribution >= 4 is 43.5 Å². The highest BCUT2D eigenvalue weighted by atomic mass is 79.9. The van der Waals surface area contributed by atoms with E-state index in [1.54, 1.807) is 47.4 Å². The second-order valence-electron chi connectivity index (χ2n) is 11.5. The zero-order valence-electron chi connectivity index (χ0n) is 25.3. The van der Waals surface area contributed by atoms with E-state index in [1.165, 1.54) is 12.1 Å². The minimum atomic E-state index is -4.14. The number of amides is 2. The van der Waals surface area contributed by atoms with E-state index in [0.29, 0.717) is 16.6 Å². The van der Waals surface area contributed by atoms with Crippen LogP contribution in [0.5, 0.6) is 0 Å². The van der Waals surface area contributed by atoms with Gasteiger partial charge in [0.05, 0.1) is 10.6 Å². The molecule has 0 bridgehead atoms. The number of nitrogens with zero attached hydrogens (tertiary/aromatic N) is 2. The van der Waals surface area contributed by atoms with Gasteiger partial charge in [0, 0.05) is 23.5 Å². The van der Waals surface area contributed by atoms with Crippen molar-refractivity contribution in [3.63, 3.8) is 0 Å². The molecule has 1 fully saturated rings. The van der Waals surface area contributed by atoms with Crippen LogP contribution in [0.2, 0.25) is 0 Å². The summed E-state index contributed by atoms with van der Waals surface area (Å²) in [6.07, 6.45) is 4.21. The van der Waals surface area contributed by atoms with Crippen LogP contribution in [0.15, 0.2) is 119 Å². The topological polar surface area (TPSA) is 86.8 Å². The van der Waals surface area contributed by atoms with Crippen molar-refractivity contribution in [1.29, 1.82) is 0 Å². The van der Waals surface area contributed by atoms with Crippen LogP contribution in [0.3, 0.4) is 0 Å². The summed E-state index contributed by atoms with van der Waals surface area (Å²) in [5.41, 5.74) is 3.13. The molecule has 1 unspecified atom stereocenters. The van der Waals surface area contributed by atoms with Crippen molar-refractivity contribution in [3.8, 4) is 0 Å². The van der Waals surface area contributed by atoms with Crippen LogP contribution in [-0.4, -0.2) is 43.8 Å². The molecular weight excluding hydrogens is 650 g/mol. The van der Waals surface area contributed by atoms with Crippen LogP contribution in [0, 0.1) is 6.92 Å². The normalized spacial score (nSPS) is 14.1. The van der Waals surface area contributed by atoms with Gasteiger partial charge in [-0.1, -0.05) is 113 Å². The first kappa shape index (κ1) is 32.4. The van der Waals surface area contributed by atoms with Gasteiger partial charge in [0.1, 0.15) is 12.6 Å². The van der Waals surface area contributed by atoms with Crippen molar-refractivity contribution in [3.05, 3.63) is 130 Å². The first-order chi connectivity index (χ1) is 21.7. The van der Waals surface area contributed by atoms with Crippen LogP contribution >= 0.6 is 15.9 Å². The number of anilines is 1. The lowest BCUT2D eigenvalue weighted by Crippen LogP contribution is -2.54. The number of benzene rings is 4. The maximum Gasteiger partial charge on any atom is 0.264 e. The Kier molecular flexibility index (Phi) is 10.7. The summed E-state index contributed by atoms with van der Waals surface area (Å²) in [4.78, 5) is 30.3. The molecule has 1 aliphatic carbocycles. The molecule has 5 rings (SSSR count). The van der Waals surface area contributed by atoms with E-state index in [1.807, 2.05) is 61.5 Å². The fraction of sp³-hybridized carbons (Fsp3) is 0.278. The van der Waals surface area contributed by atoms with E-state index in [-0.39, 0.29) is 23.4 Å². The second-order valence-corrected chi connectivity index (χ2v) is 14.3. The van der Waals surface area contributed by atoms with Gasteiger partial charge in [-0.25, -0.2) is 8.42 Å². The molecule has 0 aromatic heterocycles. The van der Waals surface area contributed by atoms with E-state index in [0.717, 1.165) is 46.7 Å². The first-order valence-electron chi connectivity index (χ1n) is 15.2. The van der Waals surface area contributed by atoms with Crippen LogP contribution < -0.4 is 9.62 Å². The molecule has 0 heterocycles. The highest BCUT2D eigenvalue weighted by molar-refractivity contribution is 9.10. The highest BCUT2D eigenvalue weighted by Crippen LogP contribution is 2.27. The number of carbonyl (C=O) groups is 2. The number of sulfonamides is 1. The molecule has 4 aromatic carbocycles. The van der Waals surface area contributed by atoms with Crippen LogP contribution in [-0.2, 0) is 32.6 Å². The third-order valence-electron chi connectivity index (χ3n) is 8.11. The molecule has 1 aliphatic rings. The number of hydrogen-bond donors (Lipinski definition) is 1. The van der Waals surface area contributed by atoms with Crippen molar-refractivity contribution in [1.82, 2.24) is 10.2 Å². The number of aryl methyl sites for hydroxylation is 1. The Bertz CT molecular complexity index is 1710. The Balaban J connectivity index is 1.56. The smallest absolute Gasteiger partial charge is 0.264 e. The molecule has 7 nitrogen and oxygen atoms in total. The summed E-state index contributed by atoms with van der Waals surface area (Å²) in [7, 11) is -4.14. The van der Waals surface area contributed by atoms with Gasteiger partial charge < -0.3 is 10.2 Å². The van der Waals surface area contributed by atoms with Gasteiger partial charge in [0.15, 0.2) is 0 Å². The molecule has 1 saturated carbocycles. The predicted octanol–water partition coefficient (Wildman–Crippen LogP) is 6.65. The third-order valence-corrected chi connectivity index (χ3v) is 10.4. The summed E-state index contributed by atoms with van der Waals surface area (Å²) in [6.45, 7) is 1.64. The summed E-state index contributed by atoms with van der Waals surface area (Å²) < 4.78 is 30.0. The van der Waals surface area contributed by atoms with Gasteiger partial charge in [0.2, 0.25) is 11.8 Å². The van der Waals surface area contributed by atoms with Crippen molar-refractivity contribution in [2.24, 2.45) is 0 Å². The van der Waals surface area contributed by atoms with Crippen molar-refractivity contribution in [2.75, 3.05) is 10.8 Å². The highest BCUT2D eigenvalue weighted by Gasteiger charge is 2.35. The van der Waals surface area contributed by atoms with Crippen LogP contribution in [0.25, 0.3) is 0 Å². The Labute approximate surface area is 274 Å². The largest absolute Gasteiger partial charge is 0.352 e. The Morgan fingerprint density at radius 3 is 2.16 bits per heavy atom. The molecule has 0 radical (unpaired) electrons. The maximum absolute atomic E-state index is 14.6. The average Bonchev–Trinajstić information content (AvgIpc) is 3.55. The quantitative estimate of drug-likeness (QED) is 0.181. The maximum atomic E-state index is 14.6. The SMILES string of the molecule is Cc1cccc(CN(C(=O)CN(c2cccc(Br)c2)S(=O)(=O)c2ccccc2)C(Cc2ccccc2)C(=O)NC2CCCC2)c1. The number of nitrogens with one attached hydrogen (secondary N) is 1. The molecule has 234 valence electrons. The van der Waals surface area contributed by atoms with E-state index in [2.05, 4.69) is 21.2 Å². The molecule has 0 aliphatic heterocycles. The van der Waals surface area contributed by atoms with Crippen molar-refractivity contribution in [2.45, 2.75) is 62.6 Å². The molecule has 1 atom stereocenters. The molecule has 1 N–H and O–H groups in total. The van der Waals surface area contributed by atoms with E-state index < -0.39 is 28.5 Å². The summed E-state index contributed by atoms with van der Waals surface area (Å²) >= 11 is 3.45. The summed E-state index contributed by atoms with van der Waals surface area (Å²) in [5.74, 6) is -0.704. The molecule has 9 heteroatoms. The number of rotatable bonds is 12. The monoisotopic (exact) mass is 687 g/mol. The molecule has 4 aromatic rings. The number of carbonyl (C=O) groups excluding carboxylic acids is 2. The lowest BCUT2D eigenvalue weighted by molar-refractivity contribution is -0.140. The number of hydrogen-bond acceptors (Lipinski definition) is 4. The molecule has 0 spiro atoms. The molecule has 2 amide bonds. The summed E-state index contributed by atoms with van der Waals surface area (Å²) in [5, 5.41) is 3.21. The van der Waals surface area contributed by atoms with E-state index in [9.17, 15) is 18.0 Å².